The van der Waals surface area contributed by atoms with Gasteiger partial charge >= 0.3 is 0 Å². The first-order valence-electron chi connectivity index (χ1n) is 7.17. The SMILES string of the molecule is NCCCc1cn(CCc2cccs2)c2ccccc12. The predicted molar refractivity (Wildman–Crippen MR) is 87.3 cm³/mol. The number of rotatable bonds is 6. The molecule has 0 unspecified atom stereocenters. The first-order chi connectivity index (χ1) is 9.88. The third-order valence-electron chi connectivity index (χ3n) is 3.70. The van der Waals surface area contributed by atoms with Crippen LogP contribution in [0.15, 0.2) is 48.0 Å². The fraction of sp³-hybridized carbons (Fsp3) is 0.294. The molecule has 0 atom stereocenters. The Labute approximate surface area is 123 Å². The molecule has 2 heterocycles. The van der Waals surface area contributed by atoms with Crippen LogP contribution in [-0.4, -0.2) is 11.1 Å². The molecule has 3 aromatic rings. The van der Waals surface area contributed by atoms with Crippen LogP contribution in [-0.2, 0) is 19.4 Å². The molecule has 0 spiro atoms. The van der Waals surface area contributed by atoms with Gasteiger partial charge < -0.3 is 10.3 Å². The van der Waals surface area contributed by atoms with Gasteiger partial charge in [-0.3, -0.25) is 0 Å². The number of hydrogen-bond donors (Lipinski definition) is 1. The lowest BCUT2D eigenvalue weighted by molar-refractivity contribution is 0.723. The van der Waals surface area contributed by atoms with Crippen LogP contribution in [0.5, 0.6) is 0 Å². The summed E-state index contributed by atoms with van der Waals surface area (Å²) in [5.41, 5.74) is 8.42. The second-order valence-electron chi connectivity index (χ2n) is 5.09. The van der Waals surface area contributed by atoms with Crippen LogP contribution < -0.4 is 5.73 Å². The second-order valence-corrected chi connectivity index (χ2v) is 6.12. The molecule has 0 aliphatic rings. The summed E-state index contributed by atoms with van der Waals surface area (Å²) >= 11 is 1.84. The van der Waals surface area contributed by atoms with E-state index in [0.717, 1.165) is 32.4 Å². The zero-order valence-electron chi connectivity index (χ0n) is 11.6. The van der Waals surface area contributed by atoms with Gasteiger partial charge in [-0.05, 0) is 48.9 Å². The van der Waals surface area contributed by atoms with Crippen molar-refractivity contribution in [2.75, 3.05) is 6.54 Å². The summed E-state index contributed by atoms with van der Waals surface area (Å²) in [6.45, 7) is 1.80. The van der Waals surface area contributed by atoms with Gasteiger partial charge in [0.1, 0.15) is 0 Å². The Bertz CT molecular complexity index is 667. The van der Waals surface area contributed by atoms with Crippen LogP contribution in [0.3, 0.4) is 0 Å². The number of fused-ring (bicyclic) bond motifs is 1. The zero-order chi connectivity index (χ0) is 13.8. The number of benzene rings is 1. The standard InChI is InChI=1S/C17H20N2S/c18-10-3-5-14-13-19(11-9-15-6-4-12-20-15)17-8-2-1-7-16(14)17/h1-2,4,6-8,12-13H,3,5,9-11,18H2. The van der Waals surface area contributed by atoms with Crippen molar-refractivity contribution >= 4 is 22.2 Å². The number of aromatic nitrogens is 1. The van der Waals surface area contributed by atoms with E-state index in [2.05, 4.69) is 52.5 Å². The van der Waals surface area contributed by atoms with Gasteiger partial charge in [-0.15, -0.1) is 11.3 Å². The van der Waals surface area contributed by atoms with Crippen LogP contribution in [0.2, 0.25) is 0 Å². The van der Waals surface area contributed by atoms with Gasteiger partial charge in [-0.1, -0.05) is 24.3 Å². The van der Waals surface area contributed by atoms with Crippen LogP contribution in [0, 0.1) is 0 Å². The molecule has 2 nitrogen and oxygen atoms in total. The fourth-order valence-corrected chi connectivity index (χ4v) is 3.38. The van der Waals surface area contributed by atoms with Crippen LogP contribution in [0.4, 0.5) is 0 Å². The summed E-state index contributed by atoms with van der Waals surface area (Å²) in [5, 5.41) is 3.53. The van der Waals surface area contributed by atoms with Crippen LogP contribution >= 0.6 is 11.3 Å². The minimum atomic E-state index is 0.759. The molecule has 3 heteroatoms. The third-order valence-corrected chi connectivity index (χ3v) is 4.64. The van der Waals surface area contributed by atoms with E-state index in [-0.39, 0.29) is 0 Å². The van der Waals surface area contributed by atoms with Gasteiger partial charge in [0.25, 0.3) is 0 Å². The molecule has 2 aromatic heterocycles. The van der Waals surface area contributed by atoms with Crippen molar-refractivity contribution < 1.29 is 0 Å². The summed E-state index contributed by atoms with van der Waals surface area (Å²) in [6, 6.07) is 13.0. The normalized spacial score (nSPS) is 11.2. The molecule has 0 aliphatic heterocycles. The maximum atomic E-state index is 5.64. The largest absolute Gasteiger partial charge is 0.347 e. The van der Waals surface area contributed by atoms with Gasteiger partial charge in [0.2, 0.25) is 0 Å². The minimum Gasteiger partial charge on any atom is -0.347 e. The molecular weight excluding hydrogens is 264 g/mol. The molecule has 0 aliphatic carbocycles. The molecule has 104 valence electrons. The lowest BCUT2D eigenvalue weighted by Crippen LogP contribution is -2.00. The summed E-state index contributed by atoms with van der Waals surface area (Å²) in [4.78, 5) is 1.45. The summed E-state index contributed by atoms with van der Waals surface area (Å²) < 4.78 is 2.39. The van der Waals surface area contributed by atoms with Gasteiger partial charge in [-0.2, -0.15) is 0 Å². The smallest absolute Gasteiger partial charge is 0.0483 e. The van der Waals surface area contributed by atoms with Crippen molar-refractivity contribution in [1.82, 2.24) is 4.57 Å². The highest BCUT2D eigenvalue weighted by Gasteiger charge is 2.07. The van der Waals surface area contributed by atoms with Gasteiger partial charge in [0, 0.05) is 28.5 Å². The van der Waals surface area contributed by atoms with Crippen molar-refractivity contribution in [3.63, 3.8) is 0 Å². The Kier molecular flexibility index (Phi) is 4.19. The van der Waals surface area contributed by atoms with Crippen molar-refractivity contribution in [2.24, 2.45) is 5.73 Å². The van der Waals surface area contributed by atoms with Crippen molar-refractivity contribution in [1.29, 1.82) is 0 Å². The maximum absolute atomic E-state index is 5.64. The highest BCUT2D eigenvalue weighted by atomic mass is 32.1. The zero-order valence-corrected chi connectivity index (χ0v) is 12.4. The van der Waals surface area contributed by atoms with E-state index in [1.807, 2.05) is 11.3 Å². The maximum Gasteiger partial charge on any atom is 0.0483 e. The van der Waals surface area contributed by atoms with Crippen molar-refractivity contribution in [3.05, 3.63) is 58.4 Å². The Hall–Kier alpha value is -1.58. The van der Waals surface area contributed by atoms with Gasteiger partial charge in [-0.25, -0.2) is 0 Å². The second kappa shape index (κ2) is 6.25. The van der Waals surface area contributed by atoms with Crippen molar-refractivity contribution in [2.45, 2.75) is 25.8 Å². The lowest BCUT2D eigenvalue weighted by Gasteiger charge is -2.03. The van der Waals surface area contributed by atoms with E-state index in [0.29, 0.717) is 0 Å². The first kappa shape index (κ1) is 13.4. The van der Waals surface area contributed by atoms with E-state index in [9.17, 15) is 0 Å². The van der Waals surface area contributed by atoms with Gasteiger partial charge in [0.05, 0.1) is 0 Å². The number of hydrogen-bond acceptors (Lipinski definition) is 2. The Morgan fingerprint density at radius 3 is 2.75 bits per heavy atom. The van der Waals surface area contributed by atoms with E-state index in [1.165, 1.54) is 21.3 Å². The van der Waals surface area contributed by atoms with Crippen LogP contribution in [0.1, 0.15) is 16.9 Å². The lowest BCUT2D eigenvalue weighted by atomic mass is 10.1. The molecule has 20 heavy (non-hydrogen) atoms. The van der Waals surface area contributed by atoms with Gasteiger partial charge in [0.15, 0.2) is 0 Å². The van der Waals surface area contributed by atoms with E-state index < -0.39 is 0 Å². The first-order valence-corrected chi connectivity index (χ1v) is 8.05. The monoisotopic (exact) mass is 284 g/mol. The Balaban J connectivity index is 1.86. The average Bonchev–Trinajstić information content (AvgIpc) is 3.11. The van der Waals surface area contributed by atoms with Crippen molar-refractivity contribution in [3.8, 4) is 0 Å². The molecule has 0 radical (unpaired) electrons. The molecule has 0 fully saturated rings. The summed E-state index contributed by atoms with van der Waals surface area (Å²) in [5.74, 6) is 0. The van der Waals surface area contributed by atoms with E-state index in [1.54, 1.807) is 0 Å². The number of nitrogens with two attached hydrogens (primary N) is 1. The molecule has 0 bridgehead atoms. The number of nitrogens with zero attached hydrogens (tertiary/aromatic N) is 1. The Morgan fingerprint density at radius 2 is 1.95 bits per heavy atom. The molecule has 0 saturated carbocycles. The van der Waals surface area contributed by atoms with E-state index >= 15 is 0 Å². The highest BCUT2D eigenvalue weighted by Crippen LogP contribution is 2.23. The van der Waals surface area contributed by atoms with E-state index in [4.69, 9.17) is 5.73 Å². The Morgan fingerprint density at radius 1 is 1.05 bits per heavy atom. The number of thiophene rings is 1. The molecule has 0 amide bonds. The predicted octanol–water partition coefficient (Wildman–Crippen LogP) is 3.84. The van der Waals surface area contributed by atoms with Crippen LogP contribution in [0.25, 0.3) is 10.9 Å². The summed E-state index contributed by atoms with van der Waals surface area (Å²) in [6.07, 6.45) is 5.54. The molecule has 1 aromatic carbocycles. The summed E-state index contributed by atoms with van der Waals surface area (Å²) in [7, 11) is 0. The molecule has 0 saturated heterocycles. The molecule has 2 N–H and O–H groups in total. The topological polar surface area (TPSA) is 30.9 Å². The highest BCUT2D eigenvalue weighted by molar-refractivity contribution is 7.09. The quantitative estimate of drug-likeness (QED) is 0.732. The fourth-order valence-electron chi connectivity index (χ4n) is 2.69. The molecule has 3 rings (SSSR count). The third kappa shape index (κ3) is 2.79. The number of aryl methyl sites for hydroxylation is 3. The minimum absolute atomic E-state index is 0.759. The molecular formula is C17H20N2S. The number of para-hydroxylation sites is 1. The average molecular weight is 284 g/mol.